The lowest BCUT2D eigenvalue weighted by Gasteiger charge is -2.20. The fourth-order valence-corrected chi connectivity index (χ4v) is 4.53. The summed E-state index contributed by atoms with van der Waals surface area (Å²) in [6, 6.07) is 19.3. The highest BCUT2D eigenvalue weighted by molar-refractivity contribution is 6.03. The van der Waals surface area contributed by atoms with E-state index in [9.17, 15) is 32.7 Å². The van der Waals surface area contributed by atoms with Gasteiger partial charge >= 0.3 is 18.4 Å². The SMILES string of the molecule is CC(C)(C)NC(=O)OCc1cccc(-n2nc(C(F)(F)F)cc2C(=O)Nc2cccc(C(O)c3cccc(NC(=O)OC(C)(C)C)c3)c2)c1. The molecule has 0 fully saturated rings. The minimum absolute atomic E-state index is 0.127. The van der Waals surface area contributed by atoms with E-state index in [1.54, 1.807) is 84.0 Å². The summed E-state index contributed by atoms with van der Waals surface area (Å²) in [7, 11) is 0. The first-order valence-corrected chi connectivity index (χ1v) is 15.2. The first-order chi connectivity index (χ1) is 22.8. The summed E-state index contributed by atoms with van der Waals surface area (Å²) in [6.07, 6.45) is -7.37. The van der Waals surface area contributed by atoms with Crippen LogP contribution in [0.4, 0.5) is 34.1 Å². The van der Waals surface area contributed by atoms with Crippen molar-refractivity contribution in [2.24, 2.45) is 0 Å². The van der Waals surface area contributed by atoms with Crippen molar-refractivity contribution in [1.29, 1.82) is 0 Å². The van der Waals surface area contributed by atoms with Crippen LogP contribution in [0.15, 0.2) is 78.9 Å². The van der Waals surface area contributed by atoms with Crippen molar-refractivity contribution in [3.8, 4) is 5.69 Å². The molecule has 260 valence electrons. The molecule has 0 aliphatic heterocycles. The lowest BCUT2D eigenvalue weighted by Crippen LogP contribution is -2.40. The molecule has 1 atom stereocenters. The Hall–Kier alpha value is -5.37. The number of nitrogens with one attached hydrogen (secondary N) is 3. The number of aromatic nitrogens is 2. The Bertz CT molecular complexity index is 1830. The molecule has 0 radical (unpaired) electrons. The zero-order valence-electron chi connectivity index (χ0n) is 27.8. The molecule has 11 nitrogen and oxygen atoms in total. The number of alkyl carbamates (subject to hydrolysis) is 1. The van der Waals surface area contributed by atoms with Crippen molar-refractivity contribution in [3.63, 3.8) is 0 Å². The zero-order chi connectivity index (χ0) is 36.1. The normalized spacial score (nSPS) is 12.5. The second-order valence-corrected chi connectivity index (χ2v) is 13.2. The van der Waals surface area contributed by atoms with Gasteiger partial charge in [0.1, 0.15) is 24.0 Å². The Morgan fingerprint density at radius 2 is 1.41 bits per heavy atom. The number of carbonyl (C=O) groups excluding carboxylic acids is 3. The van der Waals surface area contributed by atoms with Gasteiger partial charge < -0.3 is 25.2 Å². The Morgan fingerprint density at radius 1 is 0.816 bits per heavy atom. The molecule has 0 aliphatic carbocycles. The van der Waals surface area contributed by atoms with Crippen LogP contribution in [-0.2, 0) is 22.3 Å². The van der Waals surface area contributed by atoms with Gasteiger partial charge in [0.2, 0.25) is 0 Å². The molecule has 4 aromatic rings. The van der Waals surface area contributed by atoms with Crippen LogP contribution in [0, 0.1) is 0 Å². The van der Waals surface area contributed by atoms with Gasteiger partial charge in [-0.3, -0.25) is 10.1 Å². The molecule has 4 N–H and O–H groups in total. The number of ether oxygens (including phenoxy) is 2. The Labute approximate surface area is 281 Å². The fourth-order valence-electron chi connectivity index (χ4n) is 4.53. The lowest BCUT2D eigenvalue weighted by atomic mass is 10.0. The van der Waals surface area contributed by atoms with Gasteiger partial charge in [-0.25, -0.2) is 14.3 Å². The minimum Gasteiger partial charge on any atom is -0.445 e. The van der Waals surface area contributed by atoms with Gasteiger partial charge in [0.15, 0.2) is 5.69 Å². The summed E-state index contributed by atoms with van der Waals surface area (Å²) in [5.41, 5.74) is -1.01. The highest BCUT2D eigenvalue weighted by Gasteiger charge is 2.36. The maximum Gasteiger partial charge on any atom is 0.435 e. The molecule has 0 spiro atoms. The van der Waals surface area contributed by atoms with E-state index in [-0.39, 0.29) is 18.0 Å². The highest BCUT2D eigenvalue weighted by Crippen LogP contribution is 2.31. The van der Waals surface area contributed by atoms with Crippen molar-refractivity contribution < 1.29 is 42.1 Å². The Balaban J connectivity index is 1.55. The topological polar surface area (TPSA) is 144 Å². The molecule has 0 aliphatic rings. The van der Waals surface area contributed by atoms with Gasteiger partial charge in [-0.2, -0.15) is 18.3 Å². The van der Waals surface area contributed by atoms with E-state index < -0.39 is 52.9 Å². The number of nitrogens with zero attached hydrogens (tertiary/aromatic N) is 2. The summed E-state index contributed by atoms with van der Waals surface area (Å²) in [5.74, 6) is -0.899. The molecule has 0 saturated carbocycles. The van der Waals surface area contributed by atoms with E-state index in [2.05, 4.69) is 21.0 Å². The number of carbonyl (C=O) groups is 3. The first kappa shape index (κ1) is 36.5. The second-order valence-electron chi connectivity index (χ2n) is 13.2. The van der Waals surface area contributed by atoms with Crippen LogP contribution in [0.1, 0.15) is 80.5 Å². The van der Waals surface area contributed by atoms with Crippen molar-refractivity contribution >= 4 is 29.5 Å². The number of amides is 3. The Kier molecular flexibility index (Phi) is 10.7. The van der Waals surface area contributed by atoms with Crippen LogP contribution >= 0.6 is 0 Å². The van der Waals surface area contributed by atoms with Crippen LogP contribution in [-0.4, -0.2) is 44.1 Å². The third kappa shape index (κ3) is 10.6. The van der Waals surface area contributed by atoms with Crippen LogP contribution < -0.4 is 16.0 Å². The number of rotatable bonds is 8. The van der Waals surface area contributed by atoms with Crippen molar-refractivity contribution in [1.82, 2.24) is 15.1 Å². The maximum atomic E-state index is 13.8. The average molecular weight is 682 g/mol. The summed E-state index contributed by atoms with van der Waals surface area (Å²) >= 11 is 0. The smallest absolute Gasteiger partial charge is 0.435 e. The van der Waals surface area contributed by atoms with Crippen molar-refractivity contribution in [2.75, 3.05) is 10.6 Å². The van der Waals surface area contributed by atoms with E-state index in [1.807, 2.05) is 0 Å². The Morgan fingerprint density at radius 3 is 1.98 bits per heavy atom. The van der Waals surface area contributed by atoms with Gasteiger partial charge in [0.05, 0.1) is 5.69 Å². The van der Waals surface area contributed by atoms with Gasteiger partial charge in [-0.05, 0) is 94.6 Å². The van der Waals surface area contributed by atoms with Crippen LogP contribution in [0.25, 0.3) is 5.69 Å². The van der Waals surface area contributed by atoms with Crippen LogP contribution in [0.5, 0.6) is 0 Å². The van der Waals surface area contributed by atoms with E-state index >= 15 is 0 Å². The molecule has 3 aromatic carbocycles. The third-order valence-electron chi connectivity index (χ3n) is 6.54. The number of anilines is 2. The van der Waals surface area contributed by atoms with Gasteiger partial charge in [0, 0.05) is 23.0 Å². The number of alkyl halides is 3. The quantitative estimate of drug-likeness (QED) is 0.150. The molecule has 14 heteroatoms. The van der Waals surface area contributed by atoms with E-state index in [4.69, 9.17) is 9.47 Å². The number of hydrogen-bond acceptors (Lipinski definition) is 7. The summed E-state index contributed by atoms with van der Waals surface area (Å²) in [5, 5.41) is 22.6. The zero-order valence-corrected chi connectivity index (χ0v) is 27.8. The third-order valence-corrected chi connectivity index (χ3v) is 6.54. The number of hydrogen-bond donors (Lipinski definition) is 4. The average Bonchev–Trinajstić information content (AvgIpc) is 3.45. The molecule has 1 unspecified atom stereocenters. The van der Waals surface area contributed by atoms with Crippen LogP contribution in [0.2, 0.25) is 0 Å². The lowest BCUT2D eigenvalue weighted by molar-refractivity contribution is -0.141. The van der Waals surface area contributed by atoms with Crippen molar-refractivity contribution in [2.45, 2.75) is 71.6 Å². The molecule has 1 heterocycles. The second kappa shape index (κ2) is 14.4. The fraction of sp³-hybridized carbons (Fsp3) is 0.314. The largest absolute Gasteiger partial charge is 0.445 e. The predicted molar refractivity (Wildman–Crippen MR) is 176 cm³/mol. The van der Waals surface area contributed by atoms with E-state index in [0.717, 1.165) is 4.68 Å². The summed E-state index contributed by atoms with van der Waals surface area (Å²) < 4.78 is 52.6. The molecular formula is C35H38F3N5O6. The molecule has 0 bridgehead atoms. The predicted octanol–water partition coefficient (Wildman–Crippen LogP) is 7.60. The van der Waals surface area contributed by atoms with Crippen LogP contribution in [0.3, 0.4) is 0 Å². The van der Waals surface area contributed by atoms with E-state index in [1.165, 1.54) is 30.3 Å². The number of aliphatic hydroxyl groups is 1. The summed E-state index contributed by atoms with van der Waals surface area (Å²) in [4.78, 5) is 37.7. The molecule has 1 aromatic heterocycles. The molecule has 0 saturated heterocycles. The molecule has 4 rings (SSSR count). The number of halogens is 3. The van der Waals surface area contributed by atoms with Gasteiger partial charge in [0.25, 0.3) is 5.91 Å². The first-order valence-electron chi connectivity index (χ1n) is 15.2. The van der Waals surface area contributed by atoms with Gasteiger partial charge in [-0.1, -0.05) is 36.4 Å². The number of aliphatic hydroxyl groups excluding tert-OH is 1. The van der Waals surface area contributed by atoms with Crippen molar-refractivity contribution in [3.05, 3.63) is 107 Å². The highest BCUT2D eigenvalue weighted by atomic mass is 19.4. The monoisotopic (exact) mass is 681 g/mol. The maximum absolute atomic E-state index is 13.8. The minimum atomic E-state index is -4.84. The molecule has 49 heavy (non-hydrogen) atoms. The van der Waals surface area contributed by atoms with E-state index in [0.29, 0.717) is 28.4 Å². The van der Waals surface area contributed by atoms with Gasteiger partial charge in [-0.15, -0.1) is 0 Å². The summed E-state index contributed by atoms with van der Waals surface area (Å²) in [6.45, 7) is 10.3. The molecule has 3 amide bonds. The standard InChI is InChI=1S/C35H38F3N5O6/c1-33(2,3)41-32(47)48-20-21-10-7-15-26(16-21)43-27(19-28(42-43)35(36,37)38)30(45)39-24-13-8-11-22(17-24)29(44)23-12-9-14-25(18-23)40-31(46)49-34(4,5)6/h7-19,29,44H,20H2,1-6H3,(H,39,45)(H,40,46)(H,41,47). The molecular weight excluding hydrogens is 643 g/mol. The number of benzene rings is 3.